The van der Waals surface area contributed by atoms with Gasteiger partial charge >= 0.3 is 0 Å². The topological polar surface area (TPSA) is 93.5 Å². The van der Waals surface area contributed by atoms with E-state index in [4.69, 9.17) is 4.74 Å². The summed E-state index contributed by atoms with van der Waals surface area (Å²) < 4.78 is 5.31. The van der Waals surface area contributed by atoms with Crippen LogP contribution in [0.5, 0.6) is 0 Å². The number of ether oxygens (including phenoxy) is 1. The molecule has 0 aliphatic heterocycles. The van der Waals surface area contributed by atoms with Crippen LogP contribution >= 0.6 is 0 Å². The normalized spacial score (nSPS) is 10.4. The van der Waals surface area contributed by atoms with Crippen molar-refractivity contribution < 1.29 is 14.5 Å². The van der Waals surface area contributed by atoms with E-state index < -0.39 is 4.92 Å². The van der Waals surface area contributed by atoms with Gasteiger partial charge in [-0.2, -0.15) is 0 Å². The molecule has 110 valence electrons. The fourth-order valence-electron chi connectivity index (χ4n) is 1.60. The molecule has 2 N–H and O–H groups in total. The number of hydrogen-bond donors (Lipinski definition) is 2. The summed E-state index contributed by atoms with van der Waals surface area (Å²) in [5, 5.41) is 16.2. The fraction of sp³-hybridized carbons (Fsp3) is 0.462. The first-order valence-electron chi connectivity index (χ1n) is 6.31. The van der Waals surface area contributed by atoms with Crippen LogP contribution in [-0.2, 0) is 4.74 Å². The molecule has 1 amide bonds. The summed E-state index contributed by atoms with van der Waals surface area (Å²) in [7, 11) is 1.57. The number of rotatable bonds is 7. The standard InChI is InChI=1S/C13H19N3O4/c1-9(2)20-7-6-15-13(17)10-4-5-12(16(18)19)11(8-10)14-3/h4-5,8-9,14H,6-7H2,1-3H3,(H,15,17). The molecule has 0 unspecified atom stereocenters. The fourth-order valence-corrected chi connectivity index (χ4v) is 1.60. The van der Waals surface area contributed by atoms with Crippen LogP contribution in [0.15, 0.2) is 18.2 Å². The lowest BCUT2D eigenvalue weighted by Gasteiger charge is -2.09. The Labute approximate surface area is 117 Å². The molecule has 0 fully saturated rings. The highest BCUT2D eigenvalue weighted by Gasteiger charge is 2.15. The lowest BCUT2D eigenvalue weighted by molar-refractivity contribution is -0.383. The van der Waals surface area contributed by atoms with E-state index in [1.165, 1.54) is 18.2 Å². The number of carbonyl (C=O) groups is 1. The molecule has 0 aromatic heterocycles. The van der Waals surface area contributed by atoms with E-state index in [9.17, 15) is 14.9 Å². The first-order valence-corrected chi connectivity index (χ1v) is 6.31. The van der Waals surface area contributed by atoms with Gasteiger partial charge in [0.2, 0.25) is 0 Å². The van der Waals surface area contributed by atoms with E-state index in [1.54, 1.807) is 7.05 Å². The molecule has 0 heterocycles. The third kappa shape index (κ3) is 4.51. The SMILES string of the molecule is CNc1cc(C(=O)NCCOC(C)C)ccc1[N+](=O)[O-]. The molecule has 0 bridgehead atoms. The Bertz CT molecular complexity index is 489. The number of amides is 1. The van der Waals surface area contributed by atoms with Gasteiger partial charge in [0.05, 0.1) is 17.6 Å². The zero-order valence-electron chi connectivity index (χ0n) is 11.8. The Morgan fingerprint density at radius 3 is 2.70 bits per heavy atom. The molecule has 0 atom stereocenters. The maximum Gasteiger partial charge on any atom is 0.292 e. The minimum Gasteiger partial charge on any atom is -0.383 e. The largest absolute Gasteiger partial charge is 0.383 e. The van der Waals surface area contributed by atoms with Crippen LogP contribution in [0.1, 0.15) is 24.2 Å². The molecule has 0 spiro atoms. The highest BCUT2D eigenvalue weighted by molar-refractivity contribution is 5.95. The van der Waals surface area contributed by atoms with E-state index in [1.807, 2.05) is 13.8 Å². The lowest BCUT2D eigenvalue weighted by Crippen LogP contribution is -2.28. The predicted octanol–water partition coefficient (Wildman–Crippen LogP) is 1.79. The van der Waals surface area contributed by atoms with Gasteiger partial charge in [0, 0.05) is 25.2 Å². The molecule has 1 rings (SSSR count). The number of benzene rings is 1. The Morgan fingerprint density at radius 2 is 2.15 bits per heavy atom. The lowest BCUT2D eigenvalue weighted by atomic mass is 10.1. The van der Waals surface area contributed by atoms with E-state index in [2.05, 4.69) is 10.6 Å². The zero-order chi connectivity index (χ0) is 15.1. The van der Waals surface area contributed by atoms with Gasteiger partial charge in [0.25, 0.3) is 11.6 Å². The second kappa shape index (κ2) is 7.44. The summed E-state index contributed by atoms with van der Waals surface area (Å²) in [4.78, 5) is 22.2. The van der Waals surface area contributed by atoms with Crippen molar-refractivity contribution in [3.8, 4) is 0 Å². The van der Waals surface area contributed by atoms with Crippen molar-refractivity contribution >= 4 is 17.3 Å². The predicted molar refractivity (Wildman–Crippen MR) is 76.1 cm³/mol. The second-order valence-electron chi connectivity index (χ2n) is 4.41. The number of hydrogen-bond acceptors (Lipinski definition) is 5. The van der Waals surface area contributed by atoms with E-state index in [-0.39, 0.29) is 17.7 Å². The van der Waals surface area contributed by atoms with Gasteiger partial charge in [-0.3, -0.25) is 14.9 Å². The van der Waals surface area contributed by atoms with Gasteiger partial charge < -0.3 is 15.4 Å². The number of nitro benzene ring substituents is 1. The van der Waals surface area contributed by atoms with Gasteiger partial charge in [-0.25, -0.2) is 0 Å². The summed E-state index contributed by atoms with van der Waals surface area (Å²) in [6.07, 6.45) is 0.113. The number of anilines is 1. The Morgan fingerprint density at radius 1 is 1.45 bits per heavy atom. The zero-order valence-corrected chi connectivity index (χ0v) is 11.8. The van der Waals surface area contributed by atoms with Crippen LogP contribution in [0.2, 0.25) is 0 Å². The Hall–Kier alpha value is -2.15. The van der Waals surface area contributed by atoms with E-state index in [0.717, 1.165) is 0 Å². The highest BCUT2D eigenvalue weighted by atomic mass is 16.6. The minimum atomic E-state index is -0.496. The van der Waals surface area contributed by atoms with Gasteiger partial charge in [-0.15, -0.1) is 0 Å². The number of nitro groups is 1. The third-order valence-corrected chi connectivity index (χ3v) is 2.56. The van der Waals surface area contributed by atoms with Crippen LogP contribution in [0.3, 0.4) is 0 Å². The molecule has 20 heavy (non-hydrogen) atoms. The van der Waals surface area contributed by atoms with Crippen molar-refractivity contribution in [2.75, 3.05) is 25.5 Å². The Balaban J connectivity index is 2.67. The first kappa shape index (κ1) is 15.9. The van der Waals surface area contributed by atoms with Crippen LogP contribution in [0.25, 0.3) is 0 Å². The van der Waals surface area contributed by atoms with Crippen LogP contribution in [0.4, 0.5) is 11.4 Å². The maximum atomic E-state index is 11.9. The molecule has 1 aromatic rings. The smallest absolute Gasteiger partial charge is 0.292 e. The highest BCUT2D eigenvalue weighted by Crippen LogP contribution is 2.24. The third-order valence-electron chi connectivity index (χ3n) is 2.56. The molecule has 0 saturated heterocycles. The molecule has 7 nitrogen and oxygen atoms in total. The molecule has 0 aliphatic carbocycles. The van der Waals surface area contributed by atoms with E-state index in [0.29, 0.717) is 24.4 Å². The average Bonchev–Trinajstić information content (AvgIpc) is 2.42. The van der Waals surface area contributed by atoms with Crippen molar-refractivity contribution in [1.29, 1.82) is 0 Å². The van der Waals surface area contributed by atoms with Gasteiger partial charge in [-0.1, -0.05) is 0 Å². The summed E-state index contributed by atoms with van der Waals surface area (Å²) in [6.45, 7) is 4.65. The number of carbonyl (C=O) groups excluding carboxylic acids is 1. The van der Waals surface area contributed by atoms with Crippen molar-refractivity contribution in [3.63, 3.8) is 0 Å². The van der Waals surface area contributed by atoms with Crippen LogP contribution in [0, 0.1) is 10.1 Å². The van der Waals surface area contributed by atoms with Gasteiger partial charge in [-0.05, 0) is 26.0 Å². The van der Waals surface area contributed by atoms with Crippen molar-refractivity contribution in [2.24, 2.45) is 0 Å². The number of nitrogens with zero attached hydrogens (tertiary/aromatic N) is 1. The minimum absolute atomic E-state index is 0.0628. The molecule has 7 heteroatoms. The molecule has 0 aliphatic rings. The molecular weight excluding hydrogens is 262 g/mol. The summed E-state index contributed by atoms with van der Waals surface area (Å²) in [5.74, 6) is -0.288. The van der Waals surface area contributed by atoms with Crippen molar-refractivity contribution in [1.82, 2.24) is 5.32 Å². The maximum absolute atomic E-state index is 11.9. The summed E-state index contributed by atoms with van der Waals surface area (Å²) >= 11 is 0. The Kier molecular flexibility index (Phi) is 5.92. The number of nitrogens with one attached hydrogen (secondary N) is 2. The molecule has 0 radical (unpaired) electrons. The molecule has 0 saturated carbocycles. The summed E-state index contributed by atoms with van der Waals surface area (Å²) in [5.41, 5.74) is 0.609. The quantitative estimate of drug-likeness (QED) is 0.451. The van der Waals surface area contributed by atoms with Crippen LogP contribution in [-0.4, -0.2) is 37.1 Å². The average molecular weight is 281 g/mol. The summed E-state index contributed by atoms with van der Waals surface area (Å²) in [6, 6.07) is 4.19. The van der Waals surface area contributed by atoms with Gasteiger partial charge in [0.1, 0.15) is 5.69 Å². The first-order chi connectivity index (χ1) is 9.45. The van der Waals surface area contributed by atoms with Gasteiger partial charge in [0.15, 0.2) is 0 Å². The van der Waals surface area contributed by atoms with Crippen molar-refractivity contribution in [3.05, 3.63) is 33.9 Å². The van der Waals surface area contributed by atoms with E-state index >= 15 is 0 Å². The van der Waals surface area contributed by atoms with Crippen molar-refractivity contribution in [2.45, 2.75) is 20.0 Å². The second-order valence-corrected chi connectivity index (χ2v) is 4.41. The van der Waals surface area contributed by atoms with Crippen LogP contribution < -0.4 is 10.6 Å². The molecule has 1 aromatic carbocycles. The monoisotopic (exact) mass is 281 g/mol. The molecular formula is C13H19N3O4.